The highest BCUT2D eigenvalue weighted by atomic mass is 16.2. The molecule has 3 rings (SSSR count). The van der Waals surface area contributed by atoms with Crippen molar-refractivity contribution in [1.29, 1.82) is 5.26 Å². The number of nitrogens with one attached hydrogen (secondary N) is 1. The van der Waals surface area contributed by atoms with Crippen LogP contribution in [0.2, 0.25) is 0 Å². The lowest BCUT2D eigenvalue weighted by atomic mass is 9.73. The Labute approximate surface area is 126 Å². The molecule has 1 heterocycles. The number of hydrogen-bond acceptors (Lipinski definition) is 2. The summed E-state index contributed by atoms with van der Waals surface area (Å²) in [6.45, 7) is 2.16. The SMILES string of the molecule is CC1=C(C2CCC3NC(=O)CC3C2)CC=CC=C1CC#N. The Hall–Kier alpha value is -1.82. The summed E-state index contributed by atoms with van der Waals surface area (Å²) in [5.41, 5.74) is 3.95. The summed E-state index contributed by atoms with van der Waals surface area (Å²) in [5.74, 6) is 1.30. The van der Waals surface area contributed by atoms with E-state index in [1.54, 1.807) is 0 Å². The van der Waals surface area contributed by atoms with Gasteiger partial charge in [-0.2, -0.15) is 5.26 Å². The van der Waals surface area contributed by atoms with Gasteiger partial charge in [0.2, 0.25) is 5.91 Å². The van der Waals surface area contributed by atoms with Crippen molar-refractivity contribution in [1.82, 2.24) is 5.32 Å². The van der Waals surface area contributed by atoms with Crippen molar-refractivity contribution in [3.8, 4) is 6.07 Å². The predicted octanol–water partition coefficient (Wildman–Crippen LogP) is 3.41. The fraction of sp³-hybridized carbons (Fsp3) is 0.556. The van der Waals surface area contributed by atoms with Gasteiger partial charge in [0, 0.05) is 12.5 Å². The topological polar surface area (TPSA) is 52.9 Å². The number of hydrogen-bond donors (Lipinski definition) is 1. The van der Waals surface area contributed by atoms with Crippen molar-refractivity contribution in [2.75, 3.05) is 0 Å². The number of nitrogens with zero attached hydrogens (tertiary/aromatic N) is 1. The summed E-state index contributed by atoms with van der Waals surface area (Å²) in [6.07, 6.45) is 11.9. The summed E-state index contributed by atoms with van der Waals surface area (Å²) in [4.78, 5) is 11.6. The molecule has 1 N–H and O–H groups in total. The molecule has 0 bridgehead atoms. The van der Waals surface area contributed by atoms with E-state index in [-0.39, 0.29) is 5.91 Å². The van der Waals surface area contributed by atoms with Crippen LogP contribution < -0.4 is 5.32 Å². The van der Waals surface area contributed by atoms with Crippen LogP contribution in [-0.2, 0) is 4.79 Å². The van der Waals surface area contributed by atoms with Crippen LogP contribution in [0.3, 0.4) is 0 Å². The molecule has 1 amide bonds. The molecule has 1 aliphatic heterocycles. The fourth-order valence-corrected chi connectivity index (χ4v) is 4.11. The number of rotatable bonds is 2. The minimum absolute atomic E-state index is 0.224. The molecule has 0 aromatic rings. The first-order chi connectivity index (χ1) is 10.2. The van der Waals surface area contributed by atoms with E-state index in [1.165, 1.54) is 11.1 Å². The first-order valence-corrected chi connectivity index (χ1v) is 7.91. The number of carbonyl (C=O) groups excluding carboxylic acids is 1. The molecule has 3 aliphatic rings. The molecule has 2 fully saturated rings. The van der Waals surface area contributed by atoms with E-state index in [2.05, 4.69) is 36.5 Å². The molecular weight excluding hydrogens is 260 g/mol. The third-order valence-corrected chi connectivity index (χ3v) is 5.27. The zero-order valence-electron chi connectivity index (χ0n) is 12.6. The average molecular weight is 282 g/mol. The normalized spacial score (nSPS) is 32.1. The molecule has 1 saturated heterocycles. The van der Waals surface area contributed by atoms with Gasteiger partial charge in [-0.3, -0.25) is 4.79 Å². The molecule has 0 radical (unpaired) electrons. The smallest absolute Gasteiger partial charge is 0.220 e. The molecule has 0 spiro atoms. The van der Waals surface area contributed by atoms with Gasteiger partial charge in [-0.1, -0.05) is 23.8 Å². The van der Waals surface area contributed by atoms with Gasteiger partial charge in [-0.15, -0.1) is 0 Å². The Morgan fingerprint density at radius 1 is 1.43 bits per heavy atom. The molecule has 0 aromatic carbocycles. The van der Waals surface area contributed by atoms with Gasteiger partial charge in [-0.05, 0) is 55.6 Å². The lowest BCUT2D eigenvalue weighted by molar-refractivity contribution is -0.119. The van der Waals surface area contributed by atoms with Crippen LogP contribution >= 0.6 is 0 Å². The van der Waals surface area contributed by atoms with Crippen LogP contribution in [0.5, 0.6) is 0 Å². The van der Waals surface area contributed by atoms with Crippen molar-refractivity contribution in [2.24, 2.45) is 11.8 Å². The third kappa shape index (κ3) is 2.81. The zero-order valence-corrected chi connectivity index (χ0v) is 12.6. The second-order valence-electron chi connectivity index (χ2n) is 6.46. The number of carbonyl (C=O) groups is 1. The maximum absolute atomic E-state index is 11.6. The van der Waals surface area contributed by atoms with E-state index in [1.807, 2.05) is 0 Å². The molecule has 3 unspecified atom stereocenters. The van der Waals surface area contributed by atoms with Gasteiger partial charge in [-0.25, -0.2) is 0 Å². The molecule has 21 heavy (non-hydrogen) atoms. The maximum Gasteiger partial charge on any atom is 0.220 e. The van der Waals surface area contributed by atoms with Crippen LogP contribution in [0.25, 0.3) is 0 Å². The maximum atomic E-state index is 11.6. The van der Waals surface area contributed by atoms with Crippen LogP contribution in [0, 0.1) is 23.2 Å². The highest BCUT2D eigenvalue weighted by Gasteiger charge is 2.38. The summed E-state index contributed by atoms with van der Waals surface area (Å²) in [7, 11) is 0. The molecule has 110 valence electrons. The molecule has 3 heteroatoms. The average Bonchev–Trinajstić information content (AvgIpc) is 2.74. The summed E-state index contributed by atoms with van der Waals surface area (Å²) < 4.78 is 0. The number of nitriles is 1. The monoisotopic (exact) mass is 282 g/mol. The number of fused-ring (bicyclic) bond motifs is 1. The van der Waals surface area contributed by atoms with Crippen LogP contribution in [-0.4, -0.2) is 11.9 Å². The molecule has 1 saturated carbocycles. The second kappa shape index (κ2) is 5.89. The standard InChI is InChI=1S/C18H22N2O/c1-12-13(8-9-19)4-2-3-5-16(12)14-6-7-17-15(10-14)11-18(21)20-17/h2-4,14-15,17H,5-8,10-11H2,1H3,(H,20,21). The van der Waals surface area contributed by atoms with E-state index in [4.69, 9.17) is 5.26 Å². The largest absolute Gasteiger partial charge is 0.353 e. The Balaban J connectivity index is 1.81. The van der Waals surface area contributed by atoms with Crippen LogP contribution in [0.4, 0.5) is 0 Å². The number of allylic oxidation sites excluding steroid dienone is 6. The van der Waals surface area contributed by atoms with Gasteiger partial charge in [0.05, 0.1) is 12.5 Å². The van der Waals surface area contributed by atoms with Crippen molar-refractivity contribution < 1.29 is 4.79 Å². The van der Waals surface area contributed by atoms with Crippen molar-refractivity contribution in [2.45, 2.75) is 51.5 Å². The van der Waals surface area contributed by atoms with Gasteiger partial charge in [0.15, 0.2) is 0 Å². The predicted molar refractivity (Wildman–Crippen MR) is 82.1 cm³/mol. The Morgan fingerprint density at radius 2 is 2.29 bits per heavy atom. The highest BCUT2D eigenvalue weighted by molar-refractivity contribution is 5.79. The van der Waals surface area contributed by atoms with Crippen molar-refractivity contribution >= 4 is 5.91 Å². The lowest BCUT2D eigenvalue weighted by Gasteiger charge is -2.33. The third-order valence-electron chi connectivity index (χ3n) is 5.27. The summed E-state index contributed by atoms with van der Waals surface area (Å²) in [6, 6.07) is 2.68. The Bertz CT molecular complexity index is 577. The summed E-state index contributed by atoms with van der Waals surface area (Å²) >= 11 is 0. The zero-order chi connectivity index (χ0) is 14.8. The highest BCUT2D eigenvalue weighted by Crippen LogP contribution is 2.41. The van der Waals surface area contributed by atoms with E-state index >= 15 is 0 Å². The lowest BCUT2D eigenvalue weighted by Crippen LogP contribution is -2.34. The van der Waals surface area contributed by atoms with Gasteiger partial charge >= 0.3 is 0 Å². The van der Waals surface area contributed by atoms with E-state index < -0.39 is 0 Å². The van der Waals surface area contributed by atoms with Gasteiger partial charge in [0.1, 0.15) is 0 Å². The van der Waals surface area contributed by atoms with E-state index in [9.17, 15) is 4.79 Å². The number of amides is 1. The van der Waals surface area contributed by atoms with Gasteiger partial charge < -0.3 is 5.32 Å². The molecular formula is C18H22N2O. The van der Waals surface area contributed by atoms with Gasteiger partial charge in [0.25, 0.3) is 0 Å². The quantitative estimate of drug-likeness (QED) is 0.844. The minimum Gasteiger partial charge on any atom is -0.353 e. The Kier molecular flexibility index (Phi) is 3.96. The van der Waals surface area contributed by atoms with Crippen LogP contribution in [0.15, 0.2) is 34.9 Å². The molecule has 3 nitrogen and oxygen atoms in total. The van der Waals surface area contributed by atoms with E-state index in [0.717, 1.165) is 31.3 Å². The van der Waals surface area contributed by atoms with Crippen molar-refractivity contribution in [3.05, 3.63) is 34.9 Å². The molecule has 0 aromatic heterocycles. The first kappa shape index (κ1) is 14.1. The second-order valence-corrected chi connectivity index (χ2v) is 6.46. The molecule has 3 atom stereocenters. The van der Waals surface area contributed by atoms with Crippen molar-refractivity contribution in [3.63, 3.8) is 0 Å². The first-order valence-electron chi connectivity index (χ1n) is 7.91. The molecule has 2 aliphatic carbocycles. The Morgan fingerprint density at radius 3 is 3.10 bits per heavy atom. The van der Waals surface area contributed by atoms with E-state index in [0.29, 0.717) is 30.7 Å². The fourth-order valence-electron chi connectivity index (χ4n) is 4.11. The minimum atomic E-state index is 0.224. The van der Waals surface area contributed by atoms with Crippen LogP contribution in [0.1, 0.15) is 45.4 Å². The summed E-state index contributed by atoms with van der Waals surface area (Å²) in [5, 5.41) is 12.1.